The highest BCUT2D eigenvalue weighted by Gasteiger charge is 2.15. The molecule has 25 heavy (non-hydrogen) atoms. The Hall–Kier alpha value is -2.59. The SMILES string of the molecule is COc1cccc(C=C2CCN(Cc3cccc(C(=O)O)c3)CC2)c1. The van der Waals surface area contributed by atoms with Crippen LogP contribution >= 0.6 is 0 Å². The molecule has 0 aliphatic carbocycles. The maximum absolute atomic E-state index is 11.1. The lowest BCUT2D eigenvalue weighted by Gasteiger charge is -2.28. The van der Waals surface area contributed by atoms with Crippen molar-refractivity contribution in [2.24, 2.45) is 0 Å². The van der Waals surface area contributed by atoms with Gasteiger partial charge in [0.1, 0.15) is 5.75 Å². The third kappa shape index (κ3) is 4.70. The zero-order valence-electron chi connectivity index (χ0n) is 14.4. The highest BCUT2D eigenvalue weighted by atomic mass is 16.5. The van der Waals surface area contributed by atoms with Gasteiger partial charge in [0.2, 0.25) is 0 Å². The van der Waals surface area contributed by atoms with Gasteiger partial charge in [-0.15, -0.1) is 0 Å². The normalized spacial score (nSPS) is 15.0. The molecule has 0 radical (unpaired) electrons. The minimum absolute atomic E-state index is 0.355. The number of methoxy groups -OCH3 is 1. The third-order valence-corrected chi connectivity index (χ3v) is 4.54. The number of likely N-dealkylation sites (tertiary alicyclic amines) is 1. The molecule has 0 aromatic heterocycles. The number of nitrogens with zero attached hydrogens (tertiary/aromatic N) is 1. The summed E-state index contributed by atoms with van der Waals surface area (Å²) in [6.07, 6.45) is 4.33. The fourth-order valence-electron chi connectivity index (χ4n) is 3.17. The highest BCUT2D eigenvalue weighted by molar-refractivity contribution is 5.87. The molecule has 3 rings (SSSR count). The van der Waals surface area contributed by atoms with Crippen molar-refractivity contribution in [2.75, 3.05) is 20.2 Å². The van der Waals surface area contributed by atoms with Gasteiger partial charge in [-0.05, 0) is 48.2 Å². The molecular weight excluding hydrogens is 314 g/mol. The van der Waals surface area contributed by atoms with Crippen LogP contribution in [-0.4, -0.2) is 36.2 Å². The Balaban J connectivity index is 1.59. The van der Waals surface area contributed by atoms with E-state index in [1.165, 1.54) is 11.1 Å². The molecule has 4 nitrogen and oxygen atoms in total. The minimum Gasteiger partial charge on any atom is -0.497 e. The van der Waals surface area contributed by atoms with Gasteiger partial charge in [0.25, 0.3) is 0 Å². The zero-order valence-corrected chi connectivity index (χ0v) is 14.4. The van der Waals surface area contributed by atoms with Crippen molar-refractivity contribution in [1.29, 1.82) is 0 Å². The monoisotopic (exact) mass is 337 g/mol. The number of hydrogen-bond acceptors (Lipinski definition) is 3. The maximum Gasteiger partial charge on any atom is 0.335 e. The number of carboxylic acids is 1. The van der Waals surface area contributed by atoms with Crippen molar-refractivity contribution in [3.8, 4) is 5.75 Å². The van der Waals surface area contributed by atoms with E-state index in [4.69, 9.17) is 9.84 Å². The van der Waals surface area contributed by atoms with E-state index in [1.54, 1.807) is 19.2 Å². The molecule has 2 aromatic carbocycles. The molecule has 0 spiro atoms. The molecule has 4 heteroatoms. The quantitative estimate of drug-likeness (QED) is 0.893. The number of aromatic carboxylic acids is 1. The minimum atomic E-state index is -0.871. The lowest BCUT2D eigenvalue weighted by atomic mass is 10.00. The number of ether oxygens (including phenoxy) is 1. The first-order valence-electron chi connectivity index (χ1n) is 8.52. The fraction of sp³-hybridized carbons (Fsp3) is 0.286. The fourth-order valence-corrected chi connectivity index (χ4v) is 3.17. The van der Waals surface area contributed by atoms with Gasteiger partial charge < -0.3 is 9.84 Å². The van der Waals surface area contributed by atoms with Crippen molar-refractivity contribution in [1.82, 2.24) is 4.90 Å². The van der Waals surface area contributed by atoms with E-state index >= 15 is 0 Å². The van der Waals surface area contributed by atoms with E-state index in [-0.39, 0.29) is 0 Å². The van der Waals surface area contributed by atoms with Gasteiger partial charge in [0.15, 0.2) is 0 Å². The second-order valence-corrected chi connectivity index (χ2v) is 6.36. The maximum atomic E-state index is 11.1. The molecule has 2 aromatic rings. The Labute approximate surface area is 148 Å². The summed E-state index contributed by atoms with van der Waals surface area (Å²) >= 11 is 0. The number of piperidine rings is 1. The van der Waals surface area contributed by atoms with E-state index in [9.17, 15) is 4.79 Å². The van der Waals surface area contributed by atoms with Gasteiger partial charge >= 0.3 is 5.97 Å². The average molecular weight is 337 g/mol. The summed E-state index contributed by atoms with van der Waals surface area (Å²) in [5.74, 6) is 0.00843. The molecule has 0 bridgehead atoms. The van der Waals surface area contributed by atoms with Crippen molar-refractivity contribution < 1.29 is 14.6 Å². The molecule has 0 atom stereocenters. The number of hydrogen-bond donors (Lipinski definition) is 1. The highest BCUT2D eigenvalue weighted by Crippen LogP contribution is 2.22. The van der Waals surface area contributed by atoms with Gasteiger partial charge in [0.05, 0.1) is 12.7 Å². The van der Waals surface area contributed by atoms with E-state index in [2.05, 4.69) is 23.1 Å². The number of carbonyl (C=O) groups is 1. The van der Waals surface area contributed by atoms with Crippen LogP contribution < -0.4 is 4.74 Å². The molecule has 1 aliphatic heterocycles. The number of benzene rings is 2. The standard InChI is InChI=1S/C21H23NO3/c1-25-20-7-3-4-17(14-20)12-16-8-10-22(11-9-16)15-18-5-2-6-19(13-18)21(23)24/h2-7,12-14H,8-11,15H2,1H3,(H,23,24). The molecule has 1 aliphatic rings. The number of carboxylic acid groups (broad SMARTS) is 1. The van der Waals surface area contributed by atoms with Crippen LogP contribution in [0.4, 0.5) is 0 Å². The summed E-state index contributed by atoms with van der Waals surface area (Å²) in [5.41, 5.74) is 4.04. The first-order valence-corrected chi connectivity index (χ1v) is 8.52. The molecule has 1 saturated heterocycles. The Bertz CT molecular complexity index is 772. The summed E-state index contributed by atoms with van der Waals surface area (Å²) < 4.78 is 5.27. The van der Waals surface area contributed by atoms with Gasteiger partial charge in [-0.25, -0.2) is 4.79 Å². The Morgan fingerprint density at radius 3 is 2.64 bits per heavy atom. The lowest BCUT2D eigenvalue weighted by molar-refractivity contribution is 0.0696. The third-order valence-electron chi connectivity index (χ3n) is 4.54. The van der Waals surface area contributed by atoms with Crippen LogP contribution in [0.5, 0.6) is 5.75 Å². The lowest BCUT2D eigenvalue weighted by Crippen LogP contribution is -2.30. The molecule has 1 fully saturated rings. The van der Waals surface area contributed by atoms with Crippen LogP contribution in [0, 0.1) is 0 Å². The van der Waals surface area contributed by atoms with E-state index in [0.717, 1.165) is 43.8 Å². The predicted octanol–water partition coefficient (Wildman–Crippen LogP) is 4.07. The van der Waals surface area contributed by atoms with Crippen LogP contribution in [-0.2, 0) is 6.54 Å². The molecule has 0 amide bonds. The van der Waals surface area contributed by atoms with Crippen LogP contribution in [0.25, 0.3) is 6.08 Å². The van der Waals surface area contributed by atoms with Gasteiger partial charge in [-0.3, -0.25) is 4.90 Å². The van der Waals surface area contributed by atoms with Crippen molar-refractivity contribution in [2.45, 2.75) is 19.4 Å². The predicted molar refractivity (Wildman–Crippen MR) is 98.9 cm³/mol. The Morgan fingerprint density at radius 1 is 1.16 bits per heavy atom. The van der Waals surface area contributed by atoms with Crippen molar-refractivity contribution in [3.63, 3.8) is 0 Å². The van der Waals surface area contributed by atoms with E-state index in [0.29, 0.717) is 5.56 Å². The van der Waals surface area contributed by atoms with Gasteiger partial charge in [0, 0.05) is 19.6 Å². The summed E-state index contributed by atoms with van der Waals surface area (Å²) in [4.78, 5) is 13.5. The average Bonchev–Trinajstić information content (AvgIpc) is 2.64. The first-order chi connectivity index (χ1) is 12.1. The first kappa shape index (κ1) is 17.2. The molecular formula is C21H23NO3. The molecule has 1 N–H and O–H groups in total. The summed E-state index contributed by atoms with van der Waals surface area (Å²) in [7, 11) is 1.68. The number of rotatable bonds is 5. The summed E-state index contributed by atoms with van der Waals surface area (Å²) in [6, 6.07) is 15.3. The Kier molecular flexibility index (Phi) is 5.51. The van der Waals surface area contributed by atoms with Crippen LogP contribution in [0.1, 0.15) is 34.3 Å². The largest absolute Gasteiger partial charge is 0.497 e. The zero-order chi connectivity index (χ0) is 17.6. The second-order valence-electron chi connectivity index (χ2n) is 6.36. The molecule has 130 valence electrons. The molecule has 0 saturated carbocycles. The van der Waals surface area contributed by atoms with E-state index in [1.807, 2.05) is 24.3 Å². The summed E-state index contributed by atoms with van der Waals surface area (Å²) in [6.45, 7) is 2.79. The van der Waals surface area contributed by atoms with Gasteiger partial charge in [-0.2, -0.15) is 0 Å². The molecule has 1 heterocycles. The van der Waals surface area contributed by atoms with Gasteiger partial charge in [-0.1, -0.05) is 35.9 Å². The van der Waals surface area contributed by atoms with Crippen LogP contribution in [0.2, 0.25) is 0 Å². The summed E-state index contributed by atoms with van der Waals surface area (Å²) in [5, 5.41) is 9.10. The van der Waals surface area contributed by atoms with Crippen LogP contribution in [0.3, 0.4) is 0 Å². The second kappa shape index (κ2) is 7.99. The topological polar surface area (TPSA) is 49.8 Å². The molecule has 0 unspecified atom stereocenters. The van der Waals surface area contributed by atoms with Crippen molar-refractivity contribution in [3.05, 3.63) is 70.8 Å². The van der Waals surface area contributed by atoms with E-state index < -0.39 is 5.97 Å². The van der Waals surface area contributed by atoms with Crippen LogP contribution in [0.15, 0.2) is 54.1 Å². The smallest absolute Gasteiger partial charge is 0.335 e. The van der Waals surface area contributed by atoms with Crippen molar-refractivity contribution >= 4 is 12.0 Å². The Morgan fingerprint density at radius 2 is 1.92 bits per heavy atom.